The molecule has 0 aromatic carbocycles. The lowest BCUT2D eigenvalue weighted by atomic mass is 18.6. The molecule has 0 heterocycles. The van der Waals surface area contributed by atoms with Crippen LogP contribution in [-0.4, -0.2) is 15.5 Å². The monoisotopic (exact) mass is 104 g/mol. The maximum Gasteiger partial charge on any atom is 1.04 e. The minimum atomic E-state index is -4.64. The fourth-order valence-electron chi connectivity index (χ4n) is 0. The van der Waals surface area contributed by atoms with Crippen LogP contribution in [0, 0.1) is 0 Å². The van der Waals surface area contributed by atoms with Gasteiger partial charge in [0.1, 0.15) is 0 Å². The zero-order valence-electron chi connectivity index (χ0n) is 2.12. The van der Waals surface area contributed by atoms with Gasteiger partial charge in [-0.15, -0.1) is 0 Å². The quantitative estimate of drug-likeness (QED) is 0.318. The second kappa shape index (κ2) is 4.25. The molecule has 0 fully saturated rings. The van der Waals surface area contributed by atoms with Crippen molar-refractivity contribution in [2.24, 2.45) is 0 Å². The van der Waals surface area contributed by atoms with Crippen LogP contribution in [0.25, 0.3) is 0 Å². The summed E-state index contributed by atoms with van der Waals surface area (Å²) in [5.41, 5.74) is 0. The molecule has 0 aromatic heterocycles. The SMILES string of the molecule is F.[F][Al]([F])[F]. The third kappa shape index (κ3) is 338. The molecular weight excluding hydrogens is 103 g/mol. The predicted octanol–water partition coefficient (Wildman–Crippen LogP) is 1.03. The van der Waals surface area contributed by atoms with Crippen molar-refractivity contribution in [1.29, 1.82) is 0 Å². The van der Waals surface area contributed by atoms with Gasteiger partial charge in [-0.2, -0.15) is 0 Å². The Morgan fingerprint density at radius 3 is 1.00 bits per heavy atom. The van der Waals surface area contributed by atoms with Gasteiger partial charge < -0.3 is 10.6 Å². The summed E-state index contributed by atoms with van der Waals surface area (Å²) in [6.45, 7) is 0. The Kier molecular flexibility index (Phi) is 7.64. The normalized spacial score (nSPS) is 5.40. The van der Waals surface area contributed by atoms with E-state index in [1.165, 1.54) is 0 Å². The number of hydrogen-bond donors (Lipinski definition) is 0. The van der Waals surface area contributed by atoms with Gasteiger partial charge in [-0.1, -0.05) is 0 Å². The number of rotatable bonds is 0. The Bertz CT molecular complexity index is 8.36. The summed E-state index contributed by atoms with van der Waals surface area (Å²) in [6, 6.07) is 0. The Morgan fingerprint density at radius 2 is 1.00 bits per heavy atom. The molecule has 0 nitrogen and oxygen atoms in total. The Morgan fingerprint density at radius 1 is 1.00 bits per heavy atom. The van der Waals surface area contributed by atoms with Crippen molar-refractivity contribution in [3.05, 3.63) is 0 Å². The van der Waals surface area contributed by atoms with Gasteiger partial charge in [0.15, 0.2) is 0 Å². The van der Waals surface area contributed by atoms with Crippen LogP contribution in [-0.2, 0) is 0 Å². The minimum Gasteiger partial charge on any atom is -0.346 e. The molecule has 0 atom stereocenters. The van der Waals surface area contributed by atoms with E-state index in [0.717, 1.165) is 0 Å². The van der Waals surface area contributed by atoms with Crippen LogP contribution in [0.3, 0.4) is 0 Å². The summed E-state index contributed by atoms with van der Waals surface area (Å²) in [5, 5.41) is 0. The zero-order chi connectivity index (χ0) is 3.58. The molecule has 0 rings (SSSR count). The van der Waals surface area contributed by atoms with Crippen LogP contribution in [0.2, 0.25) is 0 Å². The van der Waals surface area contributed by atoms with E-state index >= 15 is 0 Å². The van der Waals surface area contributed by atoms with Crippen molar-refractivity contribution < 1.29 is 15.3 Å². The predicted molar refractivity (Wildman–Crippen MR) is 11.6 cm³/mol. The van der Waals surface area contributed by atoms with Gasteiger partial charge in [0.2, 0.25) is 0 Å². The third-order valence-electron chi connectivity index (χ3n) is 0. The first-order chi connectivity index (χ1) is 1.73. The molecule has 0 aliphatic carbocycles. The van der Waals surface area contributed by atoms with E-state index in [9.17, 15) is 10.6 Å². The molecular formula is HAlF4. The molecule has 0 spiro atoms. The van der Waals surface area contributed by atoms with E-state index in [0.29, 0.717) is 0 Å². The van der Waals surface area contributed by atoms with Crippen molar-refractivity contribution >= 4 is 15.5 Å². The summed E-state index contributed by atoms with van der Waals surface area (Å²) in [7, 11) is 0. The van der Waals surface area contributed by atoms with E-state index in [4.69, 9.17) is 0 Å². The topological polar surface area (TPSA) is 0 Å². The first-order valence-corrected chi connectivity index (χ1v) is 1.96. The summed E-state index contributed by atoms with van der Waals surface area (Å²) in [6.07, 6.45) is 0. The van der Waals surface area contributed by atoms with Crippen molar-refractivity contribution in [2.75, 3.05) is 0 Å². The van der Waals surface area contributed by atoms with Crippen LogP contribution in [0.5, 0.6) is 0 Å². The Labute approximate surface area is 31.8 Å². The smallest absolute Gasteiger partial charge is 0.346 e. The van der Waals surface area contributed by atoms with E-state index in [1.54, 1.807) is 0 Å². The van der Waals surface area contributed by atoms with Crippen LogP contribution < -0.4 is 0 Å². The van der Waals surface area contributed by atoms with Gasteiger partial charge in [0.05, 0.1) is 0 Å². The lowest BCUT2D eigenvalue weighted by molar-refractivity contribution is 0.535. The van der Waals surface area contributed by atoms with Crippen molar-refractivity contribution in [1.82, 2.24) is 0 Å². The summed E-state index contributed by atoms with van der Waals surface area (Å²) in [5.74, 6) is 0. The third-order valence-corrected chi connectivity index (χ3v) is 0. The largest absolute Gasteiger partial charge is 1.04 e. The molecule has 0 N–H and O–H groups in total. The second-order valence-electron chi connectivity index (χ2n) is 0.247. The van der Waals surface area contributed by atoms with Crippen LogP contribution in [0.1, 0.15) is 0 Å². The average molecular weight is 104 g/mol. The standard InChI is InChI=1S/Al.4FH/h;4*1H/q+3;;;;/p-3. The molecule has 5 heteroatoms. The van der Waals surface area contributed by atoms with Gasteiger partial charge in [0.25, 0.3) is 0 Å². The lowest BCUT2D eigenvalue weighted by Gasteiger charge is -1.52. The Hall–Kier alpha value is 0.252. The molecule has 0 bridgehead atoms. The highest BCUT2D eigenvalue weighted by molar-refractivity contribution is 6.33. The zero-order valence-corrected chi connectivity index (χ0v) is 3.27. The van der Waals surface area contributed by atoms with Gasteiger partial charge >= 0.3 is 15.5 Å². The molecule has 32 valence electrons. The fourth-order valence-corrected chi connectivity index (χ4v) is 0. The van der Waals surface area contributed by atoms with E-state index in [1.807, 2.05) is 0 Å². The van der Waals surface area contributed by atoms with Crippen molar-refractivity contribution in [3.8, 4) is 0 Å². The molecule has 0 aliphatic heterocycles. The number of halogens is 4. The molecule has 0 saturated heterocycles. The molecule has 0 aliphatic rings. The first-order valence-electron chi connectivity index (χ1n) is 0.655. The van der Waals surface area contributed by atoms with Crippen LogP contribution in [0.15, 0.2) is 0 Å². The summed E-state index contributed by atoms with van der Waals surface area (Å²) >= 11 is -4.64. The van der Waals surface area contributed by atoms with Crippen molar-refractivity contribution in [3.63, 3.8) is 0 Å². The van der Waals surface area contributed by atoms with Crippen LogP contribution in [0.4, 0.5) is 15.3 Å². The summed E-state index contributed by atoms with van der Waals surface area (Å²) < 4.78 is 29.4. The lowest BCUT2D eigenvalue weighted by Crippen LogP contribution is -1.76. The fraction of sp³-hybridized carbons (Fsp3) is 0. The highest BCUT2D eigenvalue weighted by Gasteiger charge is 2.21. The van der Waals surface area contributed by atoms with Crippen molar-refractivity contribution in [2.45, 2.75) is 0 Å². The van der Waals surface area contributed by atoms with Gasteiger partial charge in [-0.05, 0) is 0 Å². The van der Waals surface area contributed by atoms with Gasteiger partial charge in [-0.25, -0.2) is 0 Å². The van der Waals surface area contributed by atoms with E-state index in [-0.39, 0.29) is 4.70 Å². The summed E-state index contributed by atoms with van der Waals surface area (Å²) in [4.78, 5) is 0. The molecule has 5 heavy (non-hydrogen) atoms. The molecule has 0 radical (unpaired) electrons. The molecule has 0 amide bonds. The molecule has 0 aromatic rings. The van der Waals surface area contributed by atoms with E-state index in [2.05, 4.69) is 0 Å². The molecule has 0 saturated carbocycles. The average Bonchev–Trinajstić information content (AvgIpc) is 0.811. The highest BCUT2D eigenvalue weighted by atomic mass is 27.3. The maximum atomic E-state index is 9.81. The maximum absolute atomic E-state index is 9.81. The number of hydrogen-bond acceptors (Lipinski definition) is 0. The molecule has 0 unspecified atom stereocenters. The van der Waals surface area contributed by atoms with Crippen LogP contribution >= 0.6 is 0 Å². The highest BCUT2D eigenvalue weighted by Crippen LogP contribution is 1.80. The minimum absolute atomic E-state index is 0. The van der Waals surface area contributed by atoms with Gasteiger partial charge in [0, 0.05) is 0 Å². The Balaban J connectivity index is 0. The van der Waals surface area contributed by atoms with E-state index < -0.39 is 15.5 Å². The second-order valence-corrected chi connectivity index (χ2v) is 0.742. The van der Waals surface area contributed by atoms with Gasteiger partial charge in [-0.3, -0.25) is 4.70 Å². The first kappa shape index (κ1) is 8.98.